The highest BCUT2D eigenvalue weighted by atomic mass is 16.2. The molecular weight excluding hydrogens is 452 g/mol. The molecule has 2 aromatic carbocycles. The molecule has 2 aromatic rings. The zero-order chi connectivity index (χ0) is 26.6. The average molecular weight is 497 g/mol. The molecule has 0 fully saturated rings. The summed E-state index contributed by atoms with van der Waals surface area (Å²) in [6.07, 6.45) is 6.01. The van der Waals surface area contributed by atoms with Crippen LogP contribution in [0, 0.1) is 0 Å². The first-order chi connectivity index (χ1) is 17.4. The summed E-state index contributed by atoms with van der Waals surface area (Å²) in [5.41, 5.74) is 13.4. The first-order valence-corrected chi connectivity index (χ1v) is 12.8. The van der Waals surface area contributed by atoms with Crippen LogP contribution in [-0.4, -0.2) is 50.5 Å². The van der Waals surface area contributed by atoms with E-state index in [0.29, 0.717) is 13.0 Å². The largest absolute Gasteiger partial charge is 0.370 e. The van der Waals surface area contributed by atoms with Crippen LogP contribution in [0.5, 0.6) is 0 Å². The van der Waals surface area contributed by atoms with E-state index in [9.17, 15) is 9.59 Å². The van der Waals surface area contributed by atoms with Crippen LogP contribution in [0.2, 0.25) is 0 Å². The normalized spacial score (nSPS) is 11.0. The molecule has 1 unspecified atom stereocenters. The monoisotopic (exact) mass is 496 g/mol. The van der Waals surface area contributed by atoms with Crippen LogP contribution in [-0.2, 0) is 16.0 Å². The van der Waals surface area contributed by atoms with Crippen molar-refractivity contribution in [3.8, 4) is 11.1 Å². The third kappa shape index (κ3) is 13.5. The van der Waals surface area contributed by atoms with E-state index >= 15 is 0 Å². The number of likely N-dealkylation sites (N-methyl/N-ethyl adjacent to an activating group) is 1. The summed E-state index contributed by atoms with van der Waals surface area (Å²) in [6.45, 7) is 5.59. The van der Waals surface area contributed by atoms with E-state index in [-0.39, 0.29) is 30.4 Å². The second kappa shape index (κ2) is 18.9. The Balaban J connectivity index is 0.000000809. The molecule has 0 radical (unpaired) electrons. The van der Waals surface area contributed by atoms with Crippen molar-refractivity contribution in [3.05, 3.63) is 60.2 Å². The molecule has 8 heteroatoms. The van der Waals surface area contributed by atoms with Gasteiger partial charge in [0.25, 0.3) is 0 Å². The summed E-state index contributed by atoms with van der Waals surface area (Å²) in [5.74, 6) is -0.125. The number of rotatable bonds is 14. The van der Waals surface area contributed by atoms with Crippen LogP contribution in [0.3, 0.4) is 0 Å². The molecule has 7 N–H and O–H groups in total. The van der Waals surface area contributed by atoms with Gasteiger partial charge in [0, 0.05) is 13.1 Å². The highest BCUT2D eigenvalue weighted by Gasteiger charge is 2.17. The van der Waals surface area contributed by atoms with Gasteiger partial charge in [0.05, 0.1) is 12.6 Å². The number of carbonyl (C=O) groups is 2. The number of hydrogen-bond donors (Lipinski definition) is 5. The number of nitrogens with two attached hydrogens (primary N) is 2. The van der Waals surface area contributed by atoms with Crippen LogP contribution in [0.15, 0.2) is 59.6 Å². The van der Waals surface area contributed by atoms with Crippen LogP contribution < -0.4 is 27.4 Å². The zero-order valence-electron chi connectivity index (χ0n) is 22.1. The van der Waals surface area contributed by atoms with Crippen molar-refractivity contribution in [2.45, 2.75) is 58.4 Å². The van der Waals surface area contributed by atoms with E-state index in [1.807, 2.05) is 37.3 Å². The predicted molar refractivity (Wildman–Crippen MR) is 150 cm³/mol. The Morgan fingerprint density at radius 1 is 0.861 bits per heavy atom. The van der Waals surface area contributed by atoms with Gasteiger partial charge < -0.3 is 27.4 Å². The smallest absolute Gasteiger partial charge is 0.239 e. The van der Waals surface area contributed by atoms with Gasteiger partial charge in [-0.05, 0) is 43.0 Å². The van der Waals surface area contributed by atoms with Gasteiger partial charge in [-0.15, -0.1) is 0 Å². The van der Waals surface area contributed by atoms with Crippen LogP contribution >= 0.6 is 0 Å². The molecule has 0 aliphatic heterocycles. The van der Waals surface area contributed by atoms with Crippen molar-refractivity contribution in [1.29, 1.82) is 0 Å². The van der Waals surface area contributed by atoms with Crippen molar-refractivity contribution in [3.63, 3.8) is 0 Å². The lowest BCUT2D eigenvalue weighted by atomic mass is 10.0. The SMILES string of the molecule is CCCCCCNC(=O)CNC(=O)C(Cc1ccc(-c2ccccc2)cc1)NC.CCCN=C(N)N. The summed E-state index contributed by atoms with van der Waals surface area (Å²) in [4.78, 5) is 28.0. The van der Waals surface area contributed by atoms with Crippen molar-refractivity contribution < 1.29 is 9.59 Å². The summed E-state index contributed by atoms with van der Waals surface area (Å²) in [6, 6.07) is 18.0. The quantitative estimate of drug-likeness (QED) is 0.156. The number of aliphatic imine (C=N–C) groups is 1. The van der Waals surface area contributed by atoms with Gasteiger partial charge in [0.2, 0.25) is 11.8 Å². The fourth-order valence-electron chi connectivity index (χ4n) is 3.40. The van der Waals surface area contributed by atoms with E-state index in [2.05, 4.69) is 52.1 Å². The fraction of sp³-hybridized carbons (Fsp3) is 0.464. The molecule has 198 valence electrons. The zero-order valence-corrected chi connectivity index (χ0v) is 22.1. The summed E-state index contributed by atoms with van der Waals surface area (Å²) < 4.78 is 0. The lowest BCUT2D eigenvalue weighted by molar-refractivity contribution is -0.127. The molecule has 0 heterocycles. The van der Waals surface area contributed by atoms with Crippen molar-refractivity contribution in [1.82, 2.24) is 16.0 Å². The van der Waals surface area contributed by atoms with Gasteiger partial charge in [0.15, 0.2) is 5.96 Å². The lowest BCUT2D eigenvalue weighted by Gasteiger charge is -2.16. The first kappa shape index (κ1) is 30.6. The minimum atomic E-state index is -0.380. The lowest BCUT2D eigenvalue weighted by Crippen LogP contribution is -2.47. The van der Waals surface area contributed by atoms with E-state index in [1.54, 1.807) is 7.05 Å². The number of unbranched alkanes of at least 4 members (excludes halogenated alkanes) is 3. The number of benzene rings is 2. The molecule has 0 aliphatic carbocycles. The minimum absolute atomic E-state index is 0.0116. The Kier molecular flexibility index (Phi) is 16.1. The molecule has 0 saturated carbocycles. The van der Waals surface area contributed by atoms with E-state index in [1.165, 1.54) is 18.4 Å². The van der Waals surface area contributed by atoms with Gasteiger partial charge in [-0.2, -0.15) is 0 Å². The fourth-order valence-corrected chi connectivity index (χ4v) is 3.40. The van der Waals surface area contributed by atoms with Crippen molar-refractivity contribution >= 4 is 17.8 Å². The Morgan fingerprint density at radius 3 is 2.08 bits per heavy atom. The summed E-state index contributed by atoms with van der Waals surface area (Å²) in [7, 11) is 1.76. The second-order valence-corrected chi connectivity index (χ2v) is 8.54. The molecule has 0 spiro atoms. The number of guanidine groups is 1. The molecule has 2 amide bonds. The van der Waals surface area contributed by atoms with Crippen LogP contribution in [0.4, 0.5) is 0 Å². The van der Waals surface area contributed by atoms with Crippen LogP contribution in [0.1, 0.15) is 51.5 Å². The van der Waals surface area contributed by atoms with Gasteiger partial charge in [-0.25, -0.2) is 0 Å². The topological polar surface area (TPSA) is 135 Å². The number of carbonyl (C=O) groups excluding carboxylic acids is 2. The molecular formula is C28H44N6O2. The highest BCUT2D eigenvalue weighted by Crippen LogP contribution is 2.19. The van der Waals surface area contributed by atoms with E-state index in [0.717, 1.165) is 36.9 Å². The Bertz CT molecular complexity index is 896. The Hall–Kier alpha value is -3.39. The molecule has 36 heavy (non-hydrogen) atoms. The third-order valence-corrected chi connectivity index (χ3v) is 5.46. The third-order valence-electron chi connectivity index (χ3n) is 5.46. The maximum Gasteiger partial charge on any atom is 0.239 e. The first-order valence-electron chi connectivity index (χ1n) is 12.8. The summed E-state index contributed by atoms with van der Waals surface area (Å²) >= 11 is 0. The van der Waals surface area contributed by atoms with Crippen LogP contribution in [0.25, 0.3) is 11.1 Å². The van der Waals surface area contributed by atoms with Gasteiger partial charge in [0.1, 0.15) is 0 Å². The molecule has 2 rings (SSSR count). The van der Waals surface area contributed by atoms with Crippen molar-refractivity contribution in [2.24, 2.45) is 16.5 Å². The van der Waals surface area contributed by atoms with Gasteiger partial charge >= 0.3 is 0 Å². The highest BCUT2D eigenvalue weighted by molar-refractivity contribution is 5.87. The average Bonchev–Trinajstić information content (AvgIpc) is 2.90. The number of nitrogens with zero attached hydrogens (tertiary/aromatic N) is 1. The van der Waals surface area contributed by atoms with Gasteiger partial charge in [-0.3, -0.25) is 14.6 Å². The predicted octanol–water partition coefficient (Wildman–Crippen LogP) is 2.97. The van der Waals surface area contributed by atoms with Crippen molar-refractivity contribution in [2.75, 3.05) is 26.7 Å². The van der Waals surface area contributed by atoms with Gasteiger partial charge in [-0.1, -0.05) is 87.7 Å². The summed E-state index contributed by atoms with van der Waals surface area (Å²) in [5, 5.41) is 8.62. The molecule has 0 aromatic heterocycles. The maximum atomic E-state index is 12.4. The number of nitrogens with one attached hydrogen (secondary N) is 3. The number of hydrogen-bond acceptors (Lipinski definition) is 4. The molecule has 0 saturated heterocycles. The standard InChI is InChI=1S/C24H33N3O2.C4H11N3/c1-3-4-5-9-16-26-23(28)18-27-24(29)22(25-2)17-19-12-14-21(15-13-19)20-10-7-6-8-11-20;1-2-3-7-4(5)6/h6-8,10-15,22,25H,3-5,9,16-18H2,1-2H3,(H,26,28)(H,27,29);2-3H2,1H3,(H4,5,6,7). The molecule has 0 aliphatic rings. The maximum absolute atomic E-state index is 12.4. The second-order valence-electron chi connectivity index (χ2n) is 8.54. The van der Waals surface area contributed by atoms with E-state index < -0.39 is 0 Å². The molecule has 1 atom stereocenters. The Morgan fingerprint density at radius 2 is 1.53 bits per heavy atom. The molecule has 8 nitrogen and oxygen atoms in total. The Labute approximate surface area is 216 Å². The minimum Gasteiger partial charge on any atom is -0.370 e. The molecule has 0 bridgehead atoms. The number of amides is 2. The van der Waals surface area contributed by atoms with E-state index in [4.69, 9.17) is 11.5 Å².